The molecule has 0 radical (unpaired) electrons. The molecule has 9 heteroatoms. The zero-order chi connectivity index (χ0) is 15.8. The van der Waals surface area contributed by atoms with E-state index in [2.05, 4.69) is 19.9 Å². The normalized spacial score (nSPS) is 11.8. The highest BCUT2D eigenvalue weighted by atomic mass is 32.2. The van der Waals surface area contributed by atoms with Crippen molar-refractivity contribution in [2.45, 2.75) is 32.2 Å². The number of sulfonamides is 1. The Morgan fingerprint density at radius 1 is 1.33 bits per heavy atom. The van der Waals surface area contributed by atoms with Gasteiger partial charge in [0.15, 0.2) is 0 Å². The Kier molecular flexibility index (Phi) is 3.88. The lowest BCUT2D eigenvalue weighted by Crippen LogP contribution is -2.24. The standard InChI is InChI=1S/C12H16N4O4S/c1-6-10(12(17)18)15-8(3)11(6)21(19,20)14-5-9-4-13-16-7(9)2/h4,14-15H,5H2,1-3H3,(H,13,16)(H,17,18). The molecule has 2 rings (SSSR count). The van der Waals surface area contributed by atoms with Gasteiger partial charge in [-0.3, -0.25) is 5.10 Å². The number of hydrogen-bond acceptors (Lipinski definition) is 4. The first kappa shape index (κ1) is 15.3. The number of carbonyl (C=O) groups is 1. The maximum absolute atomic E-state index is 12.4. The van der Waals surface area contributed by atoms with E-state index < -0.39 is 16.0 Å². The van der Waals surface area contributed by atoms with E-state index in [4.69, 9.17) is 5.11 Å². The SMILES string of the molecule is Cc1[nH]ncc1CNS(=O)(=O)c1c(C)[nH]c(C(=O)O)c1C. The van der Waals surface area contributed by atoms with Gasteiger partial charge in [-0.05, 0) is 20.8 Å². The molecule has 0 aliphatic rings. The fourth-order valence-electron chi connectivity index (χ4n) is 2.15. The van der Waals surface area contributed by atoms with Gasteiger partial charge in [0.1, 0.15) is 10.6 Å². The Morgan fingerprint density at radius 3 is 2.48 bits per heavy atom. The lowest BCUT2D eigenvalue weighted by atomic mass is 10.2. The van der Waals surface area contributed by atoms with E-state index in [-0.39, 0.29) is 22.7 Å². The summed E-state index contributed by atoms with van der Waals surface area (Å²) in [6.45, 7) is 4.85. The molecule has 0 saturated heterocycles. The Balaban J connectivity index is 2.32. The molecule has 0 atom stereocenters. The van der Waals surface area contributed by atoms with Crippen molar-refractivity contribution < 1.29 is 18.3 Å². The summed E-state index contributed by atoms with van der Waals surface area (Å²) in [5.74, 6) is -1.19. The monoisotopic (exact) mass is 312 g/mol. The predicted octanol–water partition coefficient (Wildman–Crippen LogP) is 0.840. The number of aromatic carboxylic acids is 1. The number of carboxylic acids is 1. The van der Waals surface area contributed by atoms with Crippen LogP contribution in [0.15, 0.2) is 11.1 Å². The summed E-state index contributed by atoms with van der Waals surface area (Å²) in [4.78, 5) is 13.6. The average Bonchev–Trinajstić information content (AvgIpc) is 2.91. The zero-order valence-electron chi connectivity index (χ0n) is 11.8. The van der Waals surface area contributed by atoms with Gasteiger partial charge >= 0.3 is 5.97 Å². The van der Waals surface area contributed by atoms with Gasteiger partial charge in [0.2, 0.25) is 10.0 Å². The number of nitrogens with zero attached hydrogens (tertiary/aromatic N) is 1. The van der Waals surface area contributed by atoms with Crippen LogP contribution < -0.4 is 4.72 Å². The molecule has 0 bridgehead atoms. The van der Waals surface area contributed by atoms with Crippen LogP contribution in [0.25, 0.3) is 0 Å². The number of hydrogen-bond donors (Lipinski definition) is 4. The topological polar surface area (TPSA) is 128 Å². The van der Waals surface area contributed by atoms with E-state index in [1.54, 1.807) is 6.92 Å². The van der Waals surface area contributed by atoms with Gasteiger partial charge in [0.25, 0.3) is 0 Å². The number of H-pyrrole nitrogens is 2. The first-order valence-electron chi connectivity index (χ1n) is 6.15. The molecule has 2 heterocycles. The number of nitrogens with one attached hydrogen (secondary N) is 3. The average molecular weight is 312 g/mol. The van der Waals surface area contributed by atoms with Crippen molar-refractivity contribution in [2.24, 2.45) is 0 Å². The lowest BCUT2D eigenvalue weighted by Gasteiger charge is -2.07. The van der Waals surface area contributed by atoms with Gasteiger partial charge in [0, 0.05) is 29.1 Å². The minimum atomic E-state index is -3.81. The number of aryl methyl sites for hydroxylation is 2. The summed E-state index contributed by atoms with van der Waals surface area (Å²) < 4.78 is 27.2. The van der Waals surface area contributed by atoms with Gasteiger partial charge in [0.05, 0.1) is 6.20 Å². The second kappa shape index (κ2) is 5.34. The molecular formula is C12H16N4O4S. The van der Waals surface area contributed by atoms with Crippen LogP contribution in [0.1, 0.15) is 33.0 Å². The highest BCUT2D eigenvalue weighted by molar-refractivity contribution is 7.89. The van der Waals surface area contributed by atoms with E-state index in [1.807, 2.05) is 0 Å². The molecule has 4 N–H and O–H groups in total. The van der Waals surface area contributed by atoms with Crippen molar-refractivity contribution in [1.29, 1.82) is 0 Å². The minimum Gasteiger partial charge on any atom is -0.477 e. The third kappa shape index (κ3) is 2.83. The molecule has 2 aromatic heterocycles. The number of aromatic nitrogens is 3. The molecule has 0 amide bonds. The lowest BCUT2D eigenvalue weighted by molar-refractivity contribution is 0.0690. The van der Waals surface area contributed by atoms with Crippen LogP contribution in [0.4, 0.5) is 0 Å². The molecule has 114 valence electrons. The molecule has 0 fully saturated rings. The van der Waals surface area contributed by atoms with Crippen LogP contribution in [0.5, 0.6) is 0 Å². The third-order valence-electron chi connectivity index (χ3n) is 3.24. The van der Waals surface area contributed by atoms with Crippen molar-refractivity contribution in [3.05, 3.63) is 34.4 Å². The van der Waals surface area contributed by atoms with Crippen LogP contribution in [0, 0.1) is 20.8 Å². The summed E-state index contributed by atoms with van der Waals surface area (Å²) in [7, 11) is -3.81. The number of rotatable bonds is 5. The van der Waals surface area contributed by atoms with E-state index in [0.717, 1.165) is 11.3 Å². The van der Waals surface area contributed by atoms with Gasteiger partial charge in [-0.15, -0.1) is 0 Å². The minimum absolute atomic E-state index is 0.0268. The van der Waals surface area contributed by atoms with Crippen molar-refractivity contribution in [3.8, 4) is 0 Å². The van der Waals surface area contributed by atoms with Gasteiger partial charge in [-0.1, -0.05) is 0 Å². The molecular weight excluding hydrogens is 296 g/mol. The van der Waals surface area contributed by atoms with E-state index >= 15 is 0 Å². The highest BCUT2D eigenvalue weighted by Gasteiger charge is 2.26. The molecule has 0 aliphatic carbocycles. The molecule has 2 aromatic rings. The second-order valence-electron chi connectivity index (χ2n) is 4.73. The molecule has 0 unspecified atom stereocenters. The largest absolute Gasteiger partial charge is 0.477 e. The maximum atomic E-state index is 12.4. The van der Waals surface area contributed by atoms with Crippen molar-refractivity contribution >= 4 is 16.0 Å². The van der Waals surface area contributed by atoms with Crippen molar-refractivity contribution in [3.63, 3.8) is 0 Å². The summed E-state index contributed by atoms with van der Waals surface area (Å²) in [6.07, 6.45) is 1.54. The van der Waals surface area contributed by atoms with Gasteiger partial charge < -0.3 is 10.1 Å². The molecule has 21 heavy (non-hydrogen) atoms. The van der Waals surface area contributed by atoms with Crippen molar-refractivity contribution in [1.82, 2.24) is 19.9 Å². The van der Waals surface area contributed by atoms with Crippen LogP contribution in [-0.2, 0) is 16.6 Å². The van der Waals surface area contributed by atoms with Crippen LogP contribution in [0.3, 0.4) is 0 Å². The van der Waals surface area contributed by atoms with Gasteiger partial charge in [-0.25, -0.2) is 17.9 Å². The number of carboxylic acid groups (broad SMARTS) is 1. The molecule has 0 saturated carbocycles. The summed E-state index contributed by atoms with van der Waals surface area (Å²) in [6, 6.07) is 0. The van der Waals surface area contributed by atoms with Crippen LogP contribution in [-0.4, -0.2) is 34.7 Å². The fourth-order valence-corrected chi connectivity index (χ4v) is 3.60. The third-order valence-corrected chi connectivity index (χ3v) is 4.91. The summed E-state index contributed by atoms with van der Waals surface area (Å²) >= 11 is 0. The quantitative estimate of drug-likeness (QED) is 0.650. The second-order valence-corrected chi connectivity index (χ2v) is 6.43. The Morgan fingerprint density at radius 2 is 2.00 bits per heavy atom. The molecule has 0 aliphatic heterocycles. The summed E-state index contributed by atoms with van der Waals surface area (Å²) in [5, 5.41) is 15.6. The van der Waals surface area contributed by atoms with E-state index in [9.17, 15) is 13.2 Å². The van der Waals surface area contributed by atoms with Crippen molar-refractivity contribution in [2.75, 3.05) is 0 Å². The Hall–Kier alpha value is -2.13. The van der Waals surface area contributed by atoms with Crippen LogP contribution >= 0.6 is 0 Å². The molecule has 8 nitrogen and oxygen atoms in total. The fraction of sp³-hybridized carbons (Fsp3) is 0.333. The van der Waals surface area contributed by atoms with Gasteiger partial charge in [-0.2, -0.15) is 5.10 Å². The highest BCUT2D eigenvalue weighted by Crippen LogP contribution is 2.23. The van der Waals surface area contributed by atoms with E-state index in [1.165, 1.54) is 20.0 Å². The number of aromatic amines is 2. The molecule has 0 spiro atoms. The van der Waals surface area contributed by atoms with Crippen LogP contribution in [0.2, 0.25) is 0 Å². The Labute approximate surface area is 121 Å². The summed E-state index contributed by atoms with van der Waals surface area (Å²) in [5.41, 5.74) is 1.86. The Bertz CT molecular complexity index is 788. The predicted molar refractivity (Wildman–Crippen MR) is 74.6 cm³/mol. The molecule has 0 aromatic carbocycles. The zero-order valence-corrected chi connectivity index (χ0v) is 12.6. The first-order valence-corrected chi connectivity index (χ1v) is 7.63. The smallest absolute Gasteiger partial charge is 0.352 e. The first-order chi connectivity index (χ1) is 9.74. The maximum Gasteiger partial charge on any atom is 0.352 e. The van der Waals surface area contributed by atoms with E-state index in [0.29, 0.717) is 5.69 Å².